The molecule has 0 spiro atoms. The molecule has 124 valence electrons. The summed E-state index contributed by atoms with van der Waals surface area (Å²) in [6.45, 7) is 0.270. The third-order valence-corrected chi connectivity index (χ3v) is 4.62. The van der Waals surface area contributed by atoms with Gasteiger partial charge in [0.15, 0.2) is 0 Å². The fourth-order valence-electron chi connectivity index (χ4n) is 2.42. The topological polar surface area (TPSA) is 58.2 Å². The molecule has 6 heteroatoms. The molecule has 2 N–H and O–H groups in total. The van der Waals surface area contributed by atoms with Crippen molar-refractivity contribution in [3.8, 4) is 0 Å². The van der Waals surface area contributed by atoms with Crippen LogP contribution in [-0.2, 0) is 16.1 Å². The number of carbonyl (C=O) groups is 2. The summed E-state index contributed by atoms with van der Waals surface area (Å²) in [6, 6.07) is 13.1. The molecule has 0 heterocycles. The van der Waals surface area contributed by atoms with E-state index in [2.05, 4.69) is 26.6 Å². The van der Waals surface area contributed by atoms with E-state index < -0.39 is 5.41 Å². The highest BCUT2D eigenvalue weighted by Gasteiger charge is 2.56. The maximum Gasteiger partial charge on any atom is 0.240 e. The summed E-state index contributed by atoms with van der Waals surface area (Å²) in [5.74, 6) is -0.902. The molecule has 1 fully saturated rings. The van der Waals surface area contributed by atoms with Gasteiger partial charge in [0.2, 0.25) is 11.8 Å². The van der Waals surface area contributed by atoms with Crippen molar-refractivity contribution in [1.82, 2.24) is 5.32 Å². The first-order valence-corrected chi connectivity index (χ1v) is 8.39. The monoisotopic (exact) mass is 390 g/mol. The molecule has 1 saturated carbocycles. The Bertz CT molecular complexity index is 756. The zero-order valence-electron chi connectivity index (χ0n) is 12.8. The highest BCUT2D eigenvalue weighted by atomic mass is 79.9. The SMILES string of the molecule is O=C(NCc1ccc(F)cc1)C1(C(=O)Nc2ccc(Br)cc2)CC1. The summed E-state index contributed by atoms with van der Waals surface area (Å²) in [5.41, 5.74) is 0.447. The van der Waals surface area contributed by atoms with Gasteiger partial charge >= 0.3 is 0 Å². The van der Waals surface area contributed by atoms with Crippen molar-refractivity contribution in [1.29, 1.82) is 0 Å². The second-order valence-corrected chi connectivity index (χ2v) is 6.77. The Labute approximate surface area is 147 Å². The summed E-state index contributed by atoms with van der Waals surface area (Å²) in [6.07, 6.45) is 1.06. The van der Waals surface area contributed by atoms with Crippen molar-refractivity contribution >= 4 is 33.4 Å². The molecular weight excluding hydrogens is 375 g/mol. The van der Waals surface area contributed by atoms with Gasteiger partial charge in [-0.15, -0.1) is 0 Å². The van der Waals surface area contributed by atoms with Gasteiger partial charge in [0, 0.05) is 16.7 Å². The minimum Gasteiger partial charge on any atom is -0.351 e. The summed E-state index contributed by atoms with van der Waals surface area (Å²) in [7, 11) is 0. The predicted molar refractivity (Wildman–Crippen MR) is 92.7 cm³/mol. The summed E-state index contributed by atoms with van der Waals surface area (Å²) < 4.78 is 13.8. The van der Waals surface area contributed by atoms with E-state index in [1.54, 1.807) is 24.3 Å². The highest BCUT2D eigenvalue weighted by Crippen LogP contribution is 2.46. The van der Waals surface area contributed by atoms with Crippen LogP contribution < -0.4 is 10.6 Å². The van der Waals surface area contributed by atoms with Gasteiger partial charge in [-0.25, -0.2) is 4.39 Å². The fourth-order valence-corrected chi connectivity index (χ4v) is 2.68. The van der Waals surface area contributed by atoms with Gasteiger partial charge in [-0.2, -0.15) is 0 Å². The molecule has 0 aliphatic heterocycles. The van der Waals surface area contributed by atoms with Crippen LogP contribution in [0, 0.1) is 11.2 Å². The number of nitrogens with one attached hydrogen (secondary N) is 2. The van der Waals surface area contributed by atoms with Crippen LogP contribution in [0.4, 0.5) is 10.1 Å². The standard InChI is InChI=1S/C18H16BrFN2O2/c19-13-3-7-15(8-4-13)22-17(24)18(9-10-18)16(23)21-11-12-1-5-14(20)6-2-12/h1-8H,9-11H2,(H,21,23)(H,22,24). The number of hydrogen-bond acceptors (Lipinski definition) is 2. The zero-order valence-corrected chi connectivity index (χ0v) is 14.4. The number of carbonyl (C=O) groups excluding carboxylic acids is 2. The van der Waals surface area contributed by atoms with Crippen molar-refractivity contribution in [2.45, 2.75) is 19.4 Å². The lowest BCUT2D eigenvalue weighted by Crippen LogP contribution is -2.39. The molecule has 24 heavy (non-hydrogen) atoms. The van der Waals surface area contributed by atoms with Gasteiger partial charge in [0.1, 0.15) is 11.2 Å². The molecule has 0 bridgehead atoms. The van der Waals surface area contributed by atoms with Gasteiger partial charge in [-0.05, 0) is 54.8 Å². The molecule has 0 atom stereocenters. The lowest BCUT2D eigenvalue weighted by Gasteiger charge is -2.15. The molecule has 2 aromatic carbocycles. The molecule has 1 aliphatic carbocycles. The van der Waals surface area contributed by atoms with Gasteiger partial charge in [-0.3, -0.25) is 9.59 Å². The van der Waals surface area contributed by atoms with Crippen molar-refractivity contribution in [2.24, 2.45) is 5.41 Å². The van der Waals surface area contributed by atoms with Crippen LogP contribution in [-0.4, -0.2) is 11.8 Å². The Balaban J connectivity index is 1.60. The lowest BCUT2D eigenvalue weighted by atomic mass is 10.0. The second-order valence-electron chi connectivity index (χ2n) is 5.85. The minimum absolute atomic E-state index is 0.270. The van der Waals surface area contributed by atoms with E-state index in [9.17, 15) is 14.0 Å². The molecule has 3 rings (SSSR count). The summed E-state index contributed by atoms with van der Waals surface area (Å²) >= 11 is 3.33. The van der Waals surface area contributed by atoms with E-state index in [1.807, 2.05) is 12.1 Å². The lowest BCUT2D eigenvalue weighted by molar-refractivity contribution is -0.134. The molecule has 0 aromatic heterocycles. The number of halogens is 2. The van der Waals surface area contributed by atoms with Gasteiger partial charge < -0.3 is 10.6 Å². The van der Waals surface area contributed by atoms with E-state index in [0.717, 1.165) is 10.0 Å². The van der Waals surface area contributed by atoms with E-state index in [0.29, 0.717) is 18.5 Å². The van der Waals surface area contributed by atoms with E-state index >= 15 is 0 Å². The fraction of sp³-hybridized carbons (Fsp3) is 0.222. The van der Waals surface area contributed by atoms with Gasteiger partial charge in [0.25, 0.3) is 0 Å². The molecule has 0 saturated heterocycles. The second kappa shape index (κ2) is 6.73. The van der Waals surface area contributed by atoms with E-state index in [4.69, 9.17) is 0 Å². The number of benzene rings is 2. The Kier molecular flexibility index (Phi) is 4.66. The highest BCUT2D eigenvalue weighted by molar-refractivity contribution is 9.10. The van der Waals surface area contributed by atoms with Crippen LogP contribution in [0.25, 0.3) is 0 Å². The average Bonchev–Trinajstić information content (AvgIpc) is 3.38. The molecule has 1 aliphatic rings. The van der Waals surface area contributed by atoms with E-state index in [1.165, 1.54) is 12.1 Å². The van der Waals surface area contributed by atoms with Crippen LogP contribution in [0.1, 0.15) is 18.4 Å². The first kappa shape index (κ1) is 16.6. The van der Waals surface area contributed by atoms with Gasteiger partial charge in [0.05, 0.1) is 0 Å². The minimum atomic E-state index is -0.993. The van der Waals surface area contributed by atoms with Crippen molar-refractivity contribution < 1.29 is 14.0 Å². The summed E-state index contributed by atoms with van der Waals surface area (Å²) in [5, 5.41) is 5.56. The van der Waals surface area contributed by atoms with Crippen molar-refractivity contribution in [3.63, 3.8) is 0 Å². The van der Waals surface area contributed by atoms with Crippen LogP contribution in [0.15, 0.2) is 53.0 Å². The Hall–Kier alpha value is -2.21. The molecule has 4 nitrogen and oxygen atoms in total. The number of amides is 2. The Morgan fingerprint density at radius 3 is 2.21 bits per heavy atom. The normalized spacial score (nSPS) is 14.8. The number of hydrogen-bond donors (Lipinski definition) is 2. The van der Waals surface area contributed by atoms with E-state index in [-0.39, 0.29) is 24.2 Å². The average molecular weight is 391 g/mol. The van der Waals surface area contributed by atoms with Crippen molar-refractivity contribution in [2.75, 3.05) is 5.32 Å². The van der Waals surface area contributed by atoms with Crippen LogP contribution >= 0.6 is 15.9 Å². The third kappa shape index (κ3) is 3.64. The molecule has 2 amide bonds. The smallest absolute Gasteiger partial charge is 0.240 e. The first-order valence-electron chi connectivity index (χ1n) is 7.59. The summed E-state index contributed by atoms with van der Waals surface area (Å²) in [4.78, 5) is 24.8. The Morgan fingerprint density at radius 1 is 1.00 bits per heavy atom. The van der Waals surface area contributed by atoms with Crippen LogP contribution in [0.2, 0.25) is 0 Å². The molecule has 0 radical (unpaired) electrons. The Morgan fingerprint density at radius 2 is 1.62 bits per heavy atom. The van der Waals surface area contributed by atoms with Gasteiger partial charge in [-0.1, -0.05) is 28.1 Å². The maximum atomic E-state index is 12.9. The zero-order chi connectivity index (χ0) is 17.2. The maximum absolute atomic E-state index is 12.9. The molecule has 0 unspecified atom stereocenters. The van der Waals surface area contributed by atoms with Crippen LogP contribution in [0.3, 0.4) is 0 Å². The quantitative estimate of drug-likeness (QED) is 0.765. The predicted octanol–water partition coefficient (Wildman–Crippen LogP) is 3.62. The largest absolute Gasteiger partial charge is 0.351 e. The molecule has 2 aromatic rings. The molecular formula is C18H16BrFN2O2. The van der Waals surface area contributed by atoms with Crippen molar-refractivity contribution in [3.05, 3.63) is 64.4 Å². The van der Waals surface area contributed by atoms with Crippen LogP contribution in [0.5, 0.6) is 0 Å². The number of rotatable bonds is 5. The third-order valence-electron chi connectivity index (χ3n) is 4.09. The first-order chi connectivity index (χ1) is 11.5. The number of anilines is 1.